The normalized spacial score (nSPS) is 12.2. The number of carbonyl (C=O) groups is 2. The number of ether oxygens (including phenoxy) is 4. The van der Waals surface area contributed by atoms with Gasteiger partial charge in [0, 0.05) is 38.7 Å². The average Bonchev–Trinajstić information content (AvgIpc) is 3.81. The number of unbranched alkanes of at least 4 members (excludes halogenated alkanes) is 1. The van der Waals surface area contributed by atoms with Crippen molar-refractivity contribution >= 4 is 69.8 Å². The van der Waals surface area contributed by atoms with Gasteiger partial charge in [0.15, 0.2) is 38.8 Å². The van der Waals surface area contributed by atoms with Crippen molar-refractivity contribution < 1.29 is 37.4 Å². The van der Waals surface area contributed by atoms with Gasteiger partial charge in [0.1, 0.15) is 12.3 Å². The molecule has 0 aliphatic carbocycles. The maximum Gasteiger partial charge on any atom is 0.410 e. The molecule has 0 spiro atoms. The molecule has 0 radical (unpaired) electrons. The van der Waals surface area contributed by atoms with Gasteiger partial charge in [-0.2, -0.15) is 4.99 Å². The Bertz CT molecular complexity index is 2580. The van der Waals surface area contributed by atoms with Crippen LogP contribution < -0.4 is 14.4 Å². The molecule has 0 fully saturated rings. The summed E-state index contributed by atoms with van der Waals surface area (Å²) >= 11 is 2.97. The highest BCUT2D eigenvalue weighted by Gasteiger charge is 2.25. The molecule has 0 saturated heterocycles. The van der Waals surface area contributed by atoms with Gasteiger partial charge in [-0.15, -0.1) is 21.5 Å². The van der Waals surface area contributed by atoms with Crippen LogP contribution in [0.1, 0.15) is 66.5 Å². The number of amides is 1. The number of carbonyl (C=O) groups excluding carboxylic acids is 2. The number of hydrogen-bond acceptors (Lipinski definition) is 13. The Morgan fingerprint density at radius 3 is 2.44 bits per heavy atom. The lowest BCUT2D eigenvalue weighted by Crippen LogP contribution is -2.35. The minimum Gasteiger partial charge on any atom is -0.491 e. The Kier molecular flexibility index (Phi) is 18.1. The molecule has 0 saturated carbocycles. The number of aromatic nitrogens is 4. The first kappa shape index (κ1) is 51.8. The van der Waals surface area contributed by atoms with Crippen LogP contribution in [0.25, 0.3) is 10.2 Å². The molecular weight excluding hydrogens is 896 g/mol. The number of methoxy groups -OCH3 is 1. The predicted octanol–water partition coefficient (Wildman–Crippen LogP) is 9.58. The third-order valence-corrected chi connectivity index (χ3v) is 13.9. The minimum atomic E-state index is -1.25. The van der Waals surface area contributed by atoms with Crippen LogP contribution in [0.4, 0.5) is 26.0 Å². The van der Waals surface area contributed by atoms with Gasteiger partial charge in [-0.1, -0.05) is 55.0 Å². The van der Waals surface area contributed by atoms with Crippen molar-refractivity contribution in [3.8, 4) is 17.6 Å². The van der Waals surface area contributed by atoms with Gasteiger partial charge in [0.2, 0.25) is 0 Å². The Labute approximate surface area is 398 Å². The van der Waals surface area contributed by atoms with Gasteiger partial charge in [0.25, 0.3) is 0 Å². The Morgan fingerprint density at radius 1 is 1.00 bits per heavy atom. The molecule has 0 atom stereocenters. The highest BCUT2D eigenvalue weighted by Crippen LogP contribution is 2.34. The van der Waals surface area contributed by atoms with Crippen LogP contribution in [-0.2, 0) is 27.4 Å². The second-order valence-corrected chi connectivity index (χ2v) is 27.0. The summed E-state index contributed by atoms with van der Waals surface area (Å²) in [5, 5.41) is 9.96. The zero-order valence-electron chi connectivity index (χ0n) is 40.6. The molecule has 0 aliphatic rings. The number of fused-ring (bicyclic) bond motifs is 1. The maximum absolute atomic E-state index is 15.1. The second-order valence-electron chi connectivity index (χ2n) is 19.3. The summed E-state index contributed by atoms with van der Waals surface area (Å²) in [6.45, 7) is 17.3. The van der Waals surface area contributed by atoms with E-state index in [0.717, 1.165) is 55.4 Å². The summed E-state index contributed by atoms with van der Waals surface area (Å²) in [5.41, 5.74) is 1.93. The van der Waals surface area contributed by atoms with Crippen LogP contribution in [0.2, 0.25) is 25.7 Å². The zero-order chi connectivity index (χ0) is 48.2. The van der Waals surface area contributed by atoms with Crippen LogP contribution in [0, 0.1) is 24.6 Å². The van der Waals surface area contributed by atoms with Gasteiger partial charge in [-0.05, 0) is 101 Å². The summed E-state index contributed by atoms with van der Waals surface area (Å²) in [7, 11) is 8.19. The van der Waals surface area contributed by atoms with E-state index in [-0.39, 0.29) is 24.6 Å². The predicted molar refractivity (Wildman–Crippen MR) is 264 cm³/mol. The van der Waals surface area contributed by atoms with Crippen molar-refractivity contribution in [2.24, 2.45) is 4.99 Å². The first-order chi connectivity index (χ1) is 31.1. The molecule has 0 unspecified atom stereocenters. The van der Waals surface area contributed by atoms with Gasteiger partial charge < -0.3 is 33.2 Å². The number of halogens is 1. The molecule has 66 heavy (non-hydrogen) atoms. The topological polar surface area (TPSA) is 134 Å². The van der Waals surface area contributed by atoms with Gasteiger partial charge in [-0.3, -0.25) is 4.57 Å². The van der Waals surface area contributed by atoms with Crippen molar-refractivity contribution in [3.05, 3.63) is 80.8 Å². The van der Waals surface area contributed by atoms with Crippen LogP contribution >= 0.6 is 22.7 Å². The molecule has 5 aromatic rings. The fraction of sp³-hybridized carbons (Fsp3) is 0.500. The highest BCUT2D eigenvalue weighted by molar-refractivity contribution is 7.16. The molecule has 18 heteroatoms. The fourth-order valence-electron chi connectivity index (χ4n) is 6.38. The molecule has 356 valence electrons. The molecule has 5 rings (SSSR count). The van der Waals surface area contributed by atoms with Gasteiger partial charge >= 0.3 is 12.1 Å². The number of quaternary nitrogens is 1. The molecule has 0 bridgehead atoms. The maximum atomic E-state index is 15.1. The van der Waals surface area contributed by atoms with Crippen molar-refractivity contribution in [2.45, 2.75) is 91.4 Å². The monoisotopic (exact) mass is 961 g/mol. The van der Waals surface area contributed by atoms with E-state index in [1.54, 1.807) is 45.2 Å². The highest BCUT2D eigenvalue weighted by atomic mass is 32.1. The van der Waals surface area contributed by atoms with Crippen molar-refractivity contribution in [3.63, 3.8) is 0 Å². The Morgan fingerprint density at radius 2 is 1.76 bits per heavy atom. The fourth-order valence-corrected chi connectivity index (χ4v) is 9.28. The van der Waals surface area contributed by atoms with Crippen LogP contribution in [0.5, 0.6) is 5.75 Å². The molecule has 2 aromatic carbocycles. The average molecular weight is 962 g/mol. The molecule has 3 aromatic heterocycles. The summed E-state index contributed by atoms with van der Waals surface area (Å²) < 4.78 is 41.7. The van der Waals surface area contributed by atoms with Gasteiger partial charge in [-0.25, -0.2) is 19.0 Å². The summed E-state index contributed by atoms with van der Waals surface area (Å²) in [5.74, 6) is 5.84. The third kappa shape index (κ3) is 15.7. The molecule has 0 N–H and O–H groups in total. The number of esters is 1. The second kappa shape index (κ2) is 23.0. The van der Waals surface area contributed by atoms with E-state index < -0.39 is 31.6 Å². The van der Waals surface area contributed by atoms with E-state index in [4.69, 9.17) is 34.0 Å². The summed E-state index contributed by atoms with van der Waals surface area (Å²) in [6, 6.07) is 15.7. The number of thiazole rings is 2. The Hall–Kier alpha value is -5.19. The number of benzene rings is 2. The van der Waals surface area contributed by atoms with E-state index in [0.29, 0.717) is 55.1 Å². The van der Waals surface area contributed by atoms with E-state index in [1.807, 2.05) is 30.0 Å². The smallest absolute Gasteiger partial charge is 0.410 e. The number of nitrogens with zero attached hydrogens (tertiary/aromatic N) is 8. The van der Waals surface area contributed by atoms with Crippen molar-refractivity contribution in [1.29, 1.82) is 0 Å². The van der Waals surface area contributed by atoms with Crippen LogP contribution in [-0.4, -0.2) is 123 Å². The first-order valence-electron chi connectivity index (χ1n) is 22.2. The van der Waals surface area contributed by atoms with Gasteiger partial charge in [0.05, 0.1) is 58.2 Å². The van der Waals surface area contributed by atoms with E-state index in [9.17, 15) is 9.59 Å². The molecule has 1 amide bonds. The quantitative estimate of drug-likeness (QED) is 0.0244. The lowest BCUT2D eigenvalue weighted by atomic mass is 10.2. The molecular formula is C48H66FN8O6S2Si+. The number of para-hydroxylation sites is 1. The lowest BCUT2D eigenvalue weighted by molar-refractivity contribution is -0.870. The minimum absolute atomic E-state index is 0.0850. The van der Waals surface area contributed by atoms with E-state index in [2.05, 4.69) is 74.4 Å². The van der Waals surface area contributed by atoms with Crippen molar-refractivity contribution in [2.75, 3.05) is 73.0 Å². The zero-order valence-corrected chi connectivity index (χ0v) is 43.3. The van der Waals surface area contributed by atoms with Crippen LogP contribution in [0.15, 0.2) is 53.5 Å². The molecule has 14 nitrogen and oxygen atoms in total. The van der Waals surface area contributed by atoms with Crippen molar-refractivity contribution in [1.82, 2.24) is 24.6 Å². The van der Waals surface area contributed by atoms with E-state index >= 15 is 4.39 Å². The first-order valence-corrected chi connectivity index (χ1v) is 27.5. The molecule has 3 heterocycles. The Balaban J connectivity index is 1.33. The number of aryl methyl sites for hydroxylation is 2. The SMILES string of the molecule is COC(=O)c1nc(N(CCCC[N+](C)(C)C)c2cc(C)c(N=c3sc4ccccc4n3COCC[Si](C)(C)C)nn2)sc1CCCOc1ccc(C#CCN(C)C(=O)OC(C)(C)C)cc1F. The number of hydrogen-bond donors (Lipinski definition) is 0. The number of rotatable bonds is 20. The lowest BCUT2D eigenvalue weighted by Gasteiger charge is -2.25. The summed E-state index contributed by atoms with van der Waals surface area (Å²) in [4.78, 5) is 40.1. The van der Waals surface area contributed by atoms with E-state index in [1.165, 1.54) is 35.5 Å². The largest absolute Gasteiger partial charge is 0.491 e. The van der Waals surface area contributed by atoms with Crippen LogP contribution in [0.3, 0.4) is 0 Å². The summed E-state index contributed by atoms with van der Waals surface area (Å²) in [6.07, 6.45) is 2.23. The standard InChI is InChI=1S/C48H66FN8O6S2Si/c1-34-31-41(52-53-43(34)51-46-56(33-61-29-30-66(10,11)12)37-20-13-14-21-39(37)64-46)55(26-15-16-27-57(6,7)8)45-50-42(44(58)60-9)40(65-45)22-18-28-62-38-24-23-35(32-36(38)49)19-17-25-54(5)47(59)63-48(2,3)4/h13-14,20-21,23-24,31-32H,15-16,18,22,25-30,33H2,1-12H3/q+1. The molecule has 0 aliphatic heterocycles. The number of anilines is 2. The third-order valence-electron chi connectivity index (χ3n) is 9.98.